The van der Waals surface area contributed by atoms with Crippen LogP contribution in [0.25, 0.3) is 11.4 Å². The minimum Gasteiger partial charge on any atom is -0.356 e. The molecule has 2 N–H and O–H groups in total. The fourth-order valence-corrected chi connectivity index (χ4v) is 3.43. The number of piperidine rings is 1. The predicted molar refractivity (Wildman–Crippen MR) is 100 cm³/mol. The molecule has 0 amide bonds. The number of aryl methyl sites for hydroxylation is 1. The lowest BCUT2D eigenvalue weighted by molar-refractivity contribution is 0.498. The number of anilines is 1. The molecular weight excluding hydrogens is 328 g/mol. The van der Waals surface area contributed by atoms with Crippen molar-refractivity contribution in [1.82, 2.24) is 25.1 Å². The zero-order valence-electron chi connectivity index (χ0n) is 15.0. The van der Waals surface area contributed by atoms with Gasteiger partial charge in [0.25, 0.3) is 5.56 Å². The second kappa shape index (κ2) is 6.74. The molecule has 1 aliphatic rings. The summed E-state index contributed by atoms with van der Waals surface area (Å²) >= 11 is 0. The van der Waals surface area contributed by atoms with E-state index in [4.69, 9.17) is 0 Å². The van der Waals surface area contributed by atoms with Crippen LogP contribution in [0.2, 0.25) is 0 Å². The first kappa shape index (κ1) is 16.5. The molecular formula is C19H22N6O. The number of aromatic nitrogens is 5. The summed E-state index contributed by atoms with van der Waals surface area (Å²) in [5, 5.41) is 7.15. The van der Waals surface area contributed by atoms with Gasteiger partial charge >= 0.3 is 0 Å². The fourth-order valence-electron chi connectivity index (χ4n) is 3.43. The van der Waals surface area contributed by atoms with E-state index in [1.807, 2.05) is 25.1 Å². The Labute approximate surface area is 151 Å². The molecule has 134 valence electrons. The summed E-state index contributed by atoms with van der Waals surface area (Å²) in [6, 6.07) is 6.02. The van der Waals surface area contributed by atoms with Crippen LogP contribution in [-0.2, 0) is 0 Å². The van der Waals surface area contributed by atoms with Crippen molar-refractivity contribution < 1.29 is 0 Å². The number of hydrogen-bond donors (Lipinski definition) is 2. The van der Waals surface area contributed by atoms with E-state index in [9.17, 15) is 4.79 Å². The number of H-pyrrole nitrogens is 2. The van der Waals surface area contributed by atoms with Crippen LogP contribution >= 0.6 is 0 Å². The predicted octanol–water partition coefficient (Wildman–Crippen LogP) is 2.56. The highest BCUT2D eigenvalue weighted by atomic mass is 16.1. The minimum atomic E-state index is -0.102. The number of pyridine rings is 1. The van der Waals surface area contributed by atoms with Crippen molar-refractivity contribution in [2.75, 3.05) is 18.0 Å². The molecule has 26 heavy (non-hydrogen) atoms. The summed E-state index contributed by atoms with van der Waals surface area (Å²) in [5.41, 5.74) is 3.29. The van der Waals surface area contributed by atoms with Crippen molar-refractivity contribution >= 4 is 5.82 Å². The Kier molecular flexibility index (Phi) is 4.28. The molecule has 3 aromatic rings. The van der Waals surface area contributed by atoms with Crippen LogP contribution in [0, 0.1) is 13.8 Å². The van der Waals surface area contributed by atoms with Crippen LogP contribution < -0.4 is 10.5 Å². The lowest BCUT2D eigenvalue weighted by Gasteiger charge is -2.33. The Morgan fingerprint density at radius 1 is 1.23 bits per heavy atom. The summed E-state index contributed by atoms with van der Waals surface area (Å²) in [4.78, 5) is 26.2. The summed E-state index contributed by atoms with van der Waals surface area (Å²) in [5.74, 6) is 1.96. The second-order valence-corrected chi connectivity index (χ2v) is 6.83. The molecule has 1 unspecified atom stereocenters. The minimum absolute atomic E-state index is 0.102. The second-order valence-electron chi connectivity index (χ2n) is 6.83. The van der Waals surface area contributed by atoms with Crippen LogP contribution in [-0.4, -0.2) is 38.2 Å². The molecule has 0 aromatic carbocycles. The summed E-state index contributed by atoms with van der Waals surface area (Å²) in [6.07, 6.45) is 5.87. The Morgan fingerprint density at radius 2 is 2.12 bits per heavy atom. The number of nitrogens with zero attached hydrogens (tertiary/aromatic N) is 4. The van der Waals surface area contributed by atoms with Gasteiger partial charge in [-0.15, -0.1) is 0 Å². The van der Waals surface area contributed by atoms with Gasteiger partial charge in [0.05, 0.1) is 0 Å². The third-order valence-electron chi connectivity index (χ3n) is 5.12. The van der Waals surface area contributed by atoms with E-state index in [1.54, 1.807) is 19.3 Å². The topological polar surface area (TPSA) is 90.6 Å². The lowest BCUT2D eigenvalue weighted by Crippen LogP contribution is -2.35. The molecule has 0 aliphatic carbocycles. The van der Waals surface area contributed by atoms with E-state index >= 15 is 0 Å². The molecule has 3 aromatic heterocycles. The quantitative estimate of drug-likeness (QED) is 0.757. The zero-order chi connectivity index (χ0) is 18.1. The summed E-state index contributed by atoms with van der Waals surface area (Å²) < 4.78 is 0. The Hall–Kier alpha value is -2.96. The highest BCUT2D eigenvalue weighted by molar-refractivity contribution is 5.56. The van der Waals surface area contributed by atoms with Gasteiger partial charge in [0.1, 0.15) is 11.6 Å². The number of aromatic amines is 2. The maximum atomic E-state index is 12.0. The van der Waals surface area contributed by atoms with Gasteiger partial charge in [-0.05, 0) is 44.9 Å². The summed E-state index contributed by atoms with van der Waals surface area (Å²) in [7, 11) is 0. The monoisotopic (exact) mass is 350 g/mol. The molecule has 0 saturated carbocycles. The highest BCUT2D eigenvalue weighted by Crippen LogP contribution is 2.28. The first-order valence-corrected chi connectivity index (χ1v) is 8.90. The van der Waals surface area contributed by atoms with Crippen molar-refractivity contribution in [3.63, 3.8) is 0 Å². The van der Waals surface area contributed by atoms with Gasteiger partial charge in [-0.2, -0.15) is 5.10 Å². The fraction of sp³-hybridized carbons (Fsp3) is 0.368. The van der Waals surface area contributed by atoms with Gasteiger partial charge in [-0.25, -0.2) is 9.97 Å². The molecule has 1 atom stereocenters. The first-order chi connectivity index (χ1) is 12.6. The van der Waals surface area contributed by atoms with Crippen LogP contribution in [0.4, 0.5) is 5.82 Å². The van der Waals surface area contributed by atoms with Gasteiger partial charge in [0.15, 0.2) is 0 Å². The first-order valence-electron chi connectivity index (χ1n) is 8.90. The SMILES string of the molecule is Cc1nc(-c2ccc(N3CCCC(c4ccn[nH]4)C3)nc2)[nH]c(=O)c1C. The van der Waals surface area contributed by atoms with Gasteiger partial charge in [-0.3, -0.25) is 9.89 Å². The Bertz CT molecular complexity index is 945. The molecule has 1 aliphatic heterocycles. The maximum absolute atomic E-state index is 12.0. The molecule has 7 heteroatoms. The van der Waals surface area contributed by atoms with E-state index in [-0.39, 0.29) is 5.56 Å². The van der Waals surface area contributed by atoms with E-state index < -0.39 is 0 Å². The van der Waals surface area contributed by atoms with Gasteiger partial charge in [0, 0.05) is 53.9 Å². The van der Waals surface area contributed by atoms with Crippen LogP contribution in [0.5, 0.6) is 0 Å². The number of nitrogens with one attached hydrogen (secondary N) is 2. The van der Waals surface area contributed by atoms with E-state index in [1.165, 1.54) is 5.69 Å². The largest absolute Gasteiger partial charge is 0.356 e. The third kappa shape index (κ3) is 3.12. The van der Waals surface area contributed by atoms with Crippen molar-refractivity contribution in [1.29, 1.82) is 0 Å². The average Bonchev–Trinajstić information content (AvgIpc) is 3.21. The normalized spacial score (nSPS) is 17.5. The molecule has 0 radical (unpaired) electrons. The van der Waals surface area contributed by atoms with Crippen LogP contribution in [0.15, 0.2) is 35.4 Å². The standard InChI is InChI=1S/C19H22N6O/c1-12-13(2)22-18(23-19(12)26)14-5-6-17(20-10-14)25-9-3-4-15(11-25)16-7-8-21-24-16/h5-8,10,15H,3-4,9,11H2,1-2H3,(H,21,24)(H,22,23,26). The van der Waals surface area contributed by atoms with Gasteiger partial charge in [-0.1, -0.05) is 0 Å². The van der Waals surface area contributed by atoms with Crippen LogP contribution in [0.1, 0.15) is 35.7 Å². The van der Waals surface area contributed by atoms with Crippen LogP contribution in [0.3, 0.4) is 0 Å². The smallest absolute Gasteiger partial charge is 0.254 e. The van der Waals surface area contributed by atoms with Crippen molar-refractivity contribution in [3.05, 3.63) is 57.9 Å². The molecule has 1 saturated heterocycles. The molecule has 1 fully saturated rings. The van der Waals surface area contributed by atoms with Gasteiger partial charge < -0.3 is 9.88 Å². The van der Waals surface area contributed by atoms with E-state index in [2.05, 4.69) is 30.0 Å². The molecule has 4 heterocycles. The third-order valence-corrected chi connectivity index (χ3v) is 5.12. The Morgan fingerprint density at radius 3 is 2.81 bits per heavy atom. The van der Waals surface area contributed by atoms with Gasteiger partial charge in [0.2, 0.25) is 0 Å². The summed E-state index contributed by atoms with van der Waals surface area (Å²) in [6.45, 7) is 5.54. The van der Waals surface area contributed by atoms with Crippen molar-refractivity contribution in [3.8, 4) is 11.4 Å². The lowest BCUT2D eigenvalue weighted by atomic mass is 9.95. The van der Waals surface area contributed by atoms with E-state index in [0.717, 1.165) is 43.0 Å². The number of hydrogen-bond acceptors (Lipinski definition) is 5. The zero-order valence-corrected chi connectivity index (χ0v) is 15.0. The number of rotatable bonds is 3. The Balaban J connectivity index is 1.55. The van der Waals surface area contributed by atoms with E-state index in [0.29, 0.717) is 17.3 Å². The molecule has 4 rings (SSSR count). The molecule has 0 spiro atoms. The average molecular weight is 350 g/mol. The maximum Gasteiger partial charge on any atom is 0.254 e. The van der Waals surface area contributed by atoms with Crippen molar-refractivity contribution in [2.45, 2.75) is 32.6 Å². The molecule has 0 bridgehead atoms. The van der Waals surface area contributed by atoms with Crippen molar-refractivity contribution in [2.24, 2.45) is 0 Å². The highest BCUT2D eigenvalue weighted by Gasteiger charge is 2.23. The molecule has 7 nitrogen and oxygen atoms in total.